The lowest BCUT2D eigenvalue weighted by molar-refractivity contribution is -0.0321. The Morgan fingerprint density at radius 1 is 1.38 bits per heavy atom. The summed E-state index contributed by atoms with van der Waals surface area (Å²) in [6.45, 7) is 5.42. The number of nitrogens with zero attached hydrogens (tertiary/aromatic N) is 1. The van der Waals surface area contributed by atoms with E-state index in [1.165, 1.54) is 0 Å². The first-order valence-electron chi connectivity index (χ1n) is 8.29. The monoisotopic (exact) mass is 337 g/mol. The highest BCUT2D eigenvalue weighted by atomic mass is 16.6. The summed E-state index contributed by atoms with van der Waals surface area (Å²) < 4.78 is 16.4. The van der Waals surface area contributed by atoms with Crippen molar-refractivity contribution in [1.82, 2.24) is 5.01 Å². The van der Waals surface area contributed by atoms with Crippen molar-refractivity contribution in [2.75, 3.05) is 25.6 Å². The third-order valence-electron chi connectivity index (χ3n) is 3.71. The van der Waals surface area contributed by atoms with E-state index in [4.69, 9.17) is 20.1 Å². The molecule has 1 heterocycles. The number of methoxy groups -OCH3 is 1. The highest BCUT2D eigenvalue weighted by Crippen LogP contribution is 2.30. The Labute approximate surface area is 143 Å². The topological polar surface area (TPSA) is 86.1 Å². The van der Waals surface area contributed by atoms with Crippen LogP contribution in [-0.4, -0.2) is 37.6 Å². The van der Waals surface area contributed by atoms with Crippen molar-refractivity contribution in [3.63, 3.8) is 0 Å². The van der Waals surface area contributed by atoms with E-state index >= 15 is 0 Å². The van der Waals surface area contributed by atoms with Gasteiger partial charge in [-0.25, -0.2) is 9.80 Å². The van der Waals surface area contributed by atoms with Crippen LogP contribution in [0.3, 0.4) is 0 Å². The van der Waals surface area contributed by atoms with Crippen LogP contribution < -0.4 is 20.6 Å². The van der Waals surface area contributed by atoms with Crippen LogP contribution in [0.1, 0.15) is 33.1 Å². The number of benzene rings is 1. The lowest BCUT2D eigenvalue weighted by Crippen LogP contribution is -2.47. The number of piperidine rings is 1. The van der Waals surface area contributed by atoms with Gasteiger partial charge in [-0.2, -0.15) is 0 Å². The fourth-order valence-corrected chi connectivity index (χ4v) is 2.44. The molecule has 7 heteroatoms. The second-order valence-corrected chi connectivity index (χ2v) is 6.29. The third kappa shape index (κ3) is 5.28. The molecule has 1 aromatic carbocycles. The maximum absolute atomic E-state index is 12.1. The normalized spacial score (nSPS) is 18.3. The molecule has 24 heavy (non-hydrogen) atoms. The summed E-state index contributed by atoms with van der Waals surface area (Å²) in [5, 5.41) is 4.27. The SMILES string of the molecule is COc1ccc(NC(=O)OC2CCCCN2N)cc1OCC(C)C. The number of nitrogens with one attached hydrogen (secondary N) is 1. The average molecular weight is 337 g/mol. The summed E-state index contributed by atoms with van der Waals surface area (Å²) in [5.41, 5.74) is 0.582. The van der Waals surface area contributed by atoms with Gasteiger partial charge < -0.3 is 14.2 Å². The van der Waals surface area contributed by atoms with E-state index in [1.54, 1.807) is 30.3 Å². The number of rotatable bonds is 6. The molecule has 1 atom stereocenters. The van der Waals surface area contributed by atoms with Gasteiger partial charge in [0.15, 0.2) is 17.7 Å². The summed E-state index contributed by atoms with van der Waals surface area (Å²) in [6, 6.07) is 5.22. The van der Waals surface area contributed by atoms with E-state index in [0.29, 0.717) is 29.7 Å². The molecule has 0 bridgehead atoms. The molecule has 1 aliphatic heterocycles. The second kappa shape index (κ2) is 8.75. The van der Waals surface area contributed by atoms with Gasteiger partial charge in [0.25, 0.3) is 0 Å². The van der Waals surface area contributed by atoms with Gasteiger partial charge in [0, 0.05) is 18.3 Å². The summed E-state index contributed by atoms with van der Waals surface area (Å²) >= 11 is 0. The Morgan fingerprint density at radius 2 is 2.17 bits per heavy atom. The number of carbonyl (C=O) groups excluding carboxylic acids is 1. The van der Waals surface area contributed by atoms with Crippen molar-refractivity contribution in [2.45, 2.75) is 39.3 Å². The number of anilines is 1. The number of amides is 1. The standard InChI is InChI=1S/C17H27N3O4/c1-12(2)11-23-15-10-13(7-8-14(15)22-3)19-17(21)24-16-6-4-5-9-20(16)18/h7-8,10,12,16H,4-6,9,11,18H2,1-3H3,(H,19,21). The first-order chi connectivity index (χ1) is 11.5. The van der Waals surface area contributed by atoms with Gasteiger partial charge in [0.2, 0.25) is 0 Å². The molecule has 1 aromatic rings. The highest BCUT2D eigenvalue weighted by Gasteiger charge is 2.23. The van der Waals surface area contributed by atoms with E-state index in [2.05, 4.69) is 19.2 Å². The average Bonchev–Trinajstić information content (AvgIpc) is 2.55. The lowest BCUT2D eigenvalue weighted by Gasteiger charge is -2.30. The Morgan fingerprint density at radius 3 is 2.83 bits per heavy atom. The third-order valence-corrected chi connectivity index (χ3v) is 3.71. The van der Waals surface area contributed by atoms with Crippen molar-refractivity contribution in [3.05, 3.63) is 18.2 Å². The number of hydrogen-bond acceptors (Lipinski definition) is 6. The Kier molecular flexibility index (Phi) is 6.69. The molecule has 1 unspecified atom stereocenters. The molecule has 0 saturated carbocycles. The molecule has 0 aromatic heterocycles. The number of hydrogen-bond donors (Lipinski definition) is 2. The van der Waals surface area contributed by atoms with Gasteiger partial charge in [-0.05, 0) is 37.3 Å². The van der Waals surface area contributed by atoms with Crippen LogP contribution in [0, 0.1) is 5.92 Å². The van der Waals surface area contributed by atoms with E-state index in [-0.39, 0.29) is 6.23 Å². The van der Waals surface area contributed by atoms with Gasteiger partial charge >= 0.3 is 6.09 Å². The predicted octanol–water partition coefficient (Wildman–Crippen LogP) is 2.96. The molecule has 7 nitrogen and oxygen atoms in total. The van der Waals surface area contributed by atoms with Crippen LogP contribution >= 0.6 is 0 Å². The zero-order chi connectivity index (χ0) is 17.5. The largest absolute Gasteiger partial charge is 0.493 e. The molecule has 2 rings (SSSR count). The molecule has 0 radical (unpaired) electrons. The maximum atomic E-state index is 12.1. The Balaban J connectivity index is 1.97. The van der Waals surface area contributed by atoms with Crippen LogP contribution in [-0.2, 0) is 4.74 Å². The summed E-state index contributed by atoms with van der Waals surface area (Å²) in [4.78, 5) is 12.1. The molecular formula is C17H27N3O4. The Bertz CT molecular complexity index is 551. The first kappa shape index (κ1) is 18.4. The molecule has 1 amide bonds. The van der Waals surface area contributed by atoms with Gasteiger partial charge in [-0.3, -0.25) is 11.2 Å². The van der Waals surface area contributed by atoms with E-state index in [1.807, 2.05) is 0 Å². The molecule has 1 saturated heterocycles. The van der Waals surface area contributed by atoms with Crippen LogP contribution in [0.5, 0.6) is 11.5 Å². The maximum Gasteiger partial charge on any atom is 0.413 e. The highest BCUT2D eigenvalue weighted by molar-refractivity contribution is 5.85. The fourth-order valence-electron chi connectivity index (χ4n) is 2.44. The molecule has 0 spiro atoms. The summed E-state index contributed by atoms with van der Waals surface area (Å²) in [5.74, 6) is 7.44. The zero-order valence-electron chi connectivity index (χ0n) is 14.6. The smallest absolute Gasteiger partial charge is 0.413 e. The predicted molar refractivity (Wildman–Crippen MR) is 92.0 cm³/mol. The van der Waals surface area contributed by atoms with Crippen molar-refractivity contribution < 1.29 is 19.0 Å². The first-order valence-corrected chi connectivity index (χ1v) is 8.29. The molecule has 0 aliphatic carbocycles. The minimum atomic E-state index is -0.530. The number of carbonyl (C=O) groups is 1. The zero-order valence-corrected chi connectivity index (χ0v) is 14.6. The van der Waals surface area contributed by atoms with Crippen LogP contribution in [0.25, 0.3) is 0 Å². The van der Waals surface area contributed by atoms with Gasteiger partial charge in [-0.15, -0.1) is 0 Å². The lowest BCUT2D eigenvalue weighted by atomic mass is 10.1. The van der Waals surface area contributed by atoms with E-state index in [0.717, 1.165) is 25.8 Å². The number of hydrazine groups is 1. The van der Waals surface area contributed by atoms with Crippen molar-refractivity contribution in [3.8, 4) is 11.5 Å². The number of nitrogens with two attached hydrogens (primary N) is 1. The van der Waals surface area contributed by atoms with Crippen LogP contribution in [0.4, 0.5) is 10.5 Å². The molecule has 134 valence electrons. The van der Waals surface area contributed by atoms with Crippen molar-refractivity contribution in [2.24, 2.45) is 11.8 Å². The Hall–Kier alpha value is -1.99. The quantitative estimate of drug-likeness (QED) is 0.776. The second-order valence-electron chi connectivity index (χ2n) is 6.29. The molecule has 1 fully saturated rings. The van der Waals surface area contributed by atoms with E-state index in [9.17, 15) is 4.79 Å². The van der Waals surface area contributed by atoms with Gasteiger partial charge in [0.05, 0.1) is 13.7 Å². The van der Waals surface area contributed by atoms with Crippen LogP contribution in [0.2, 0.25) is 0 Å². The fraction of sp³-hybridized carbons (Fsp3) is 0.588. The summed E-state index contributed by atoms with van der Waals surface area (Å²) in [7, 11) is 1.58. The molecule has 3 N–H and O–H groups in total. The number of ether oxygens (including phenoxy) is 3. The molecular weight excluding hydrogens is 310 g/mol. The van der Waals surface area contributed by atoms with Crippen molar-refractivity contribution >= 4 is 11.8 Å². The van der Waals surface area contributed by atoms with Crippen molar-refractivity contribution in [1.29, 1.82) is 0 Å². The molecule has 1 aliphatic rings. The summed E-state index contributed by atoms with van der Waals surface area (Å²) in [6.07, 6.45) is 1.86. The van der Waals surface area contributed by atoms with Gasteiger partial charge in [-0.1, -0.05) is 13.8 Å². The van der Waals surface area contributed by atoms with Crippen LogP contribution in [0.15, 0.2) is 18.2 Å². The van der Waals surface area contributed by atoms with Gasteiger partial charge in [0.1, 0.15) is 0 Å². The minimum absolute atomic E-state index is 0.381. The minimum Gasteiger partial charge on any atom is -0.493 e. The van der Waals surface area contributed by atoms with E-state index < -0.39 is 6.09 Å².